The number of hydrogen-bond acceptors (Lipinski definition) is 6. The van der Waals surface area contributed by atoms with Gasteiger partial charge in [-0.3, -0.25) is 0 Å². The number of nitrogens with zero attached hydrogens (tertiary/aromatic N) is 2. The van der Waals surface area contributed by atoms with Crippen molar-refractivity contribution in [3.8, 4) is 0 Å². The number of likely N-dealkylation sites (tertiary alicyclic amines) is 1. The molecule has 0 saturated carbocycles. The highest BCUT2D eigenvalue weighted by Crippen LogP contribution is 2.36. The normalized spacial score (nSPS) is 17.5. The second kappa shape index (κ2) is 12.0. The van der Waals surface area contributed by atoms with Crippen LogP contribution in [0.25, 0.3) is 4.13 Å². The first-order valence-corrected chi connectivity index (χ1v) is 11.8. The van der Waals surface area contributed by atoms with Crippen molar-refractivity contribution in [2.45, 2.75) is 23.9 Å². The zero-order valence-corrected chi connectivity index (χ0v) is 18.3. The Kier molecular flexibility index (Phi) is 11.9. The van der Waals surface area contributed by atoms with Crippen LogP contribution in [0.15, 0.2) is 0 Å². The molecule has 0 aromatic heterocycles. The van der Waals surface area contributed by atoms with E-state index in [9.17, 15) is 43.2 Å². The molecular formula is C13H23ClF6N2O6S2. The van der Waals surface area contributed by atoms with E-state index in [2.05, 4.69) is 7.05 Å². The average Bonchev–Trinajstić information content (AvgIpc) is 2.98. The van der Waals surface area contributed by atoms with Crippen molar-refractivity contribution in [3.05, 3.63) is 4.13 Å². The lowest BCUT2D eigenvalue weighted by Gasteiger charge is -2.28. The Labute approximate surface area is 176 Å². The highest BCUT2D eigenvalue weighted by molar-refractivity contribution is 8.13. The fourth-order valence-corrected chi connectivity index (χ4v) is 4.02. The molecule has 1 aliphatic rings. The minimum absolute atomic E-state index is 0.564. The van der Waals surface area contributed by atoms with E-state index < -0.39 is 31.1 Å². The van der Waals surface area contributed by atoms with Gasteiger partial charge in [0.2, 0.25) is 0 Å². The van der Waals surface area contributed by atoms with Gasteiger partial charge in [0, 0.05) is 18.7 Å². The lowest BCUT2D eigenvalue weighted by atomic mass is 10.4. The van der Waals surface area contributed by atoms with E-state index >= 15 is 0 Å². The largest absolute Gasteiger partial charge is 0.480 e. The van der Waals surface area contributed by atoms with Crippen LogP contribution in [0.3, 0.4) is 0 Å². The van der Waals surface area contributed by atoms with Gasteiger partial charge in [0.05, 0.1) is 46.6 Å². The van der Waals surface area contributed by atoms with Crippen molar-refractivity contribution in [1.82, 2.24) is 0 Å². The van der Waals surface area contributed by atoms with E-state index in [0.29, 0.717) is 25.7 Å². The van der Waals surface area contributed by atoms with Crippen molar-refractivity contribution in [1.29, 1.82) is 0 Å². The van der Waals surface area contributed by atoms with Crippen molar-refractivity contribution < 1.29 is 57.1 Å². The third kappa shape index (κ3) is 10.8. The van der Waals surface area contributed by atoms with Gasteiger partial charge in [0.1, 0.15) is 6.54 Å². The highest BCUT2D eigenvalue weighted by atomic mass is 35.5. The molecule has 1 heterocycles. The maximum Gasteiger partial charge on any atom is 0.480 e. The van der Waals surface area contributed by atoms with Crippen LogP contribution in [0.1, 0.15) is 12.8 Å². The maximum absolute atomic E-state index is 11.4. The van der Waals surface area contributed by atoms with Gasteiger partial charge in [0.15, 0.2) is 20.0 Å². The Bertz CT molecular complexity index is 667. The zero-order valence-electron chi connectivity index (χ0n) is 15.9. The summed E-state index contributed by atoms with van der Waals surface area (Å²) in [6.45, 7) is 6.58. The van der Waals surface area contributed by atoms with Crippen LogP contribution in [-0.4, -0.2) is 91.3 Å². The summed E-state index contributed by atoms with van der Waals surface area (Å²) >= 11 is 5.48. The topological polar surface area (TPSA) is 101 Å². The molecule has 182 valence electrons. The predicted octanol–water partition coefficient (Wildman–Crippen LogP) is 2.56. The summed E-state index contributed by atoms with van der Waals surface area (Å²) in [4.78, 5) is 0. The molecule has 1 aliphatic heterocycles. The van der Waals surface area contributed by atoms with Crippen molar-refractivity contribution in [3.63, 3.8) is 0 Å². The summed E-state index contributed by atoms with van der Waals surface area (Å²) in [6, 6.07) is 0. The monoisotopic (exact) mass is 516 g/mol. The lowest BCUT2D eigenvalue weighted by Crippen LogP contribution is -2.43. The SMILES string of the molecule is C[N+]1(CCOCCOCCCl)CCCC1.O=S(=O)([N-]S(=O)(=O)C(F)(F)F)C(F)(F)F. The molecule has 0 spiro atoms. The van der Waals surface area contributed by atoms with Crippen LogP contribution in [0.4, 0.5) is 26.3 Å². The van der Waals surface area contributed by atoms with Crippen LogP contribution < -0.4 is 0 Å². The van der Waals surface area contributed by atoms with Crippen molar-refractivity contribution in [2.24, 2.45) is 0 Å². The minimum Gasteiger partial charge on any atom is -0.421 e. The van der Waals surface area contributed by atoms with Crippen molar-refractivity contribution >= 4 is 31.6 Å². The number of rotatable bonds is 10. The smallest absolute Gasteiger partial charge is 0.421 e. The molecule has 0 radical (unpaired) electrons. The summed E-state index contributed by atoms with van der Waals surface area (Å²) in [5, 5.41) is 0. The molecule has 1 fully saturated rings. The first kappa shape index (κ1) is 29.6. The summed E-state index contributed by atoms with van der Waals surface area (Å²) in [5.41, 5.74) is -12.4. The van der Waals surface area contributed by atoms with Gasteiger partial charge < -0.3 is 18.1 Å². The van der Waals surface area contributed by atoms with Gasteiger partial charge in [-0.1, -0.05) is 0 Å². The second-order valence-electron chi connectivity index (χ2n) is 6.33. The van der Waals surface area contributed by atoms with Crippen LogP contribution in [0.2, 0.25) is 0 Å². The Morgan fingerprint density at radius 2 is 1.23 bits per heavy atom. The Morgan fingerprint density at radius 3 is 1.60 bits per heavy atom. The van der Waals surface area contributed by atoms with E-state index in [4.69, 9.17) is 21.1 Å². The van der Waals surface area contributed by atoms with Crippen LogP contribution in [0.5, 0.6) is 0 Å². The average molecular weight is 517 g/mol. The molecule has 0 aromatic carbocycles. The van der Waals surface area contributed by atoms with Gasteiger partial charge in [-0.15, -0.1) is 11.6 Å². The van der Waals surface area contributed by atoms with Gasteiger partial charge in [-0.05, 0) is 0 Å². The van der Waals surface area contributed by atoms with Crippen LogP contribution >= 0.6 is 11.6 Å². The molecule has 30 heavy (non-hydrogen) atoms. The number of likely N-dealkylation sites (N-methyl/N-ethyl adjacent to an activating group) is 1. The molecule has 17 heteroatoms. The molecule has 0 unspecified atom stereocenters. The Hall–Kier alpha value is -0.390. The third-order valence-corrected chi connectivity index (χ3v) is 6.69. The minimum atomic E-state index is -6.72. The quantitative estimate of drug-likeness (QED) is 0.191. The first-order valence-electron chi connectivity index (χ1n) is 8.39. The van der Waals surface area contributed by atoms with Gasteiger partial charge in [0.25, 0.3) is 0 Å². The maximum atomic E-state index is 11.4. The summed E-state index contributed by atoms with van der Waals surface area (Å²) in [6.07, 6.45) is 2.74. The number of hydrogen-bond donors (Lipinski definition) is 0. The molecule has 1 rings (SSSR count). The van der Waals surface area contributed by atoms with E-state index in [1.165, 1.54) is 30.4 Å². The molecule has 8 nitrogen and oxygen atoms in total. The lowest BCUT2D eigenvalue weighted by molar-refractivity contribution is -0.898. The standard InChI is InChI=1S/C11H23ClNO2.C2F6NO4S2/c1-13(5-2-3-6-13)7-9-15-11-10-14-8-4-12;3-1(4,5)14(10,11)9-15(12,13)2(6,7)8/h2-11H2,1H3;/q+1;-1. The molecule has 0 N–H and O–H groups in total. The van der Waals surface area contributed by atoms with Crippen LogP contribution in [0, 0.1) is 0 Å². The van der Waals surface area contributed by atoms with E-state index in [1.54, 1.807) is 0 Å². The Morgan fingerprint density at radius 1 is 0.833 bits per heavy atom. The highest BCUT2D eigenvalue weighted by Gasteiger charge is 2.46. The Balaban J connectivity index is 0.000000561. The van der Waals surface area contributed by atoms with Gasteiger partial charge >= 0.3 is 11.0 Å². The van der Waals surface area contributed by atoms with Gasteiger partial charge in [-0.25, -0.2) is 16.8 Å². The van der Waals surface area contributed by atoms with E-state index in [1.807, 2.05) is 0 Å². The number of alkyl halides is 7. The fourth-order valence-electron chi connectivity index (χ4n) is 2.20. The number of halogens is 7. The fraction of sp³-hybridized carbons (Fsp3) is 1.00. The van der Waals surface area contributed by atoms with Crippen LogP contribution in [-0.2, 0) is 29.5 Å². The molecule has 0 aromatic rings. The number of quaternary nitrogens is 1. The first-order chi connectivity index (χ1) is 13.5. The number of ether oxygens (including phenoxy) is 2. The zero-order chi connectivity index (χ0) is 23.7. The molecule has 1 saturated heterocycles. The molecule has 0 aliphatic carbocycles. The number of sulfonamides is 2. The molecule has 0 atom stereocenters. The van der Waals surface area contributed by atoms with Crippen molar-refractivity contribution in [2.75, 3.05) is 59.0 Å². The predicted molar refractivity (Wildman–Crippen MR) is 95.7 cm³/mol. The van der Waals surface area contributed by atoms with E-state index in [-0.39, 0.29) is 0 Å². The summed E-state index contributed by atoms with van der Waals surface area (Å²) < 4.78 is 121. The summed E-state index contributed by atoms with van der Waals surface area (Å²) in [7, 11) is -11.1. The molecular weight excluding hydrogens is 494 g/mol. The summed E-state index contributed by atoms with van der Waals surface area (Å²) in [5.74, 6) is 0.564. The molecule has 0 amide bonds. The third-order valence-electron chi connectivity index (χ3n) is 3.80. The van der Waals surface area contributed by atoms with E-state index in [0.717, 1.165) is 17.3 Å². The van der Waals surface area contributed by atoms with Gasteiger partial charge in [-0.2, -0.15) is 26.3 Å². The second-order valence-corrected chi connectivity index (χ2v) is 10.1. The molecule has 0 bridgehead atoms.